The first-order valence-corrected chi connectivity index (χ1v) is 5.59. The van der Waals surface area contributed by atoms with E-state index >= 15 is 0 Å². The van der Waals surface area contributed by atoms with E-state index in [1.165, 1.54) is 10.1 Å². The Bertz CT molecular complexity index is 188. The largest absolute Gasteiger partial charge is 0.408 e. The lowest BCUT2D eigenvalue weighted by molar-refractivity contribution is 1.45. The van der Waals surface area contributed by atoms with Gasteiger partial charge >= 0.3 is 20.4 Å². The van der Waals surface area contributed by atoms with Crippen molar-refractivity contribution in [2.24, 2.45) is 0 Å². The minimum atomic E-state index is 0.0830. The van der Waals surface area contributed by atoms with Crippen LogP contribution in [0.3, 0.4) is 0 Å². The lowest BCUT2D eigenvalue weighted by atomic mass is 10.2. The van der Waals surface area contributed by atoms with E-state index in [1.54, 1.807) is 3.69 Å². The van der Waals surface area contributed by atoms with Gasteiger partial charge in [-0.2, -0.15) is 3.69 Å². The third-order valence-corrected chi connectivity index (χ3v) is 3.21. The first kappa shape index (κ1) is 8.09. The molecule has 0 aliphatic heterocycles. The highest BCUT2D eigenvalue weighted by atomic mass is 24.5. The van der Waals surface area contributed by atoms with Gasteiger partial charge in [-0.3, -0.25) is 0 Å². The van der Waals surface area contributed by atoms with Crippen LogP contribution in [-0.4, -0.2) is 20.4 Å². The Morgan fingerprint density at radius 2 is 1.80 bits per heavy atom. The Labute approximate surface area is 72.4 Å². The molecule has 0 atom stereocenters. The Kier molecular flexibility index (Phi) is 3.23. The fourth-order valence-electron chi connectivity index (χ4n) is 1.04. The second kappa shape index (κ2) is 3.99. The Morgan fingerprint density at radius 3 is 2.30 bits per heavy atom. The molecular weight excluding hydrogens is 132 g/mol. The quantitative estimate of drug-likeness (QED) is 0.555. The second-order valence-electron chi connectivity index (χ2n) is 2.74. The van der Waals surface area contributed by atoms with Crippen LogP contribution in [0.15, 0.2) is 24.3 Å². The van der Waals surface area contributed by atoms with Gasteiger partial charge in [-0.1, -0.05) is 36.8 Å². The van der Waals surface area contributed by atoms with Crippen LogP contribution in [-0.2, 0) is 0 Å². The highest BCUT2D eigenvalue weighted by Crippen LogP contribution is 1.92. The van der Waals surface area contributed by atoms with Crippen molar-refractivity contribution in [1.29, 1.82) is 0 Å². The summed E-state index contributed by atoms with van der Waals surface area (Å²) in [5.41, 5.74) is 1.37. The van der Waals surface area contributed by atoms with Crippen LogP contribution in [0.25, 0.3) is 0 Å². The molecule has 0 unspecified atom stereocenters. The molecule has 1 aromatic carbocycles. The number of aryl methyl sites for hydroxylation is 1. The van der Waals surface area contributed by atoms with E-state index in [0.29, 0.717) is 0 Å². The monoisotopic (exact) mass is 144 g/mol. The highest BCUT2D eigenvalue weighted by molar-refractivity contribution is 6.53. The molecule has 1 rings (SSSR count). The Hall–Kier alpha value is -0.0138. The summed E-state index contributed by atoms with van der Waals surface area (Å²) in [6.45, 7) is 4.41. The van der Waals surface area contributed by atoms with E-state index in [-0.39, 0.29) is 20.4 Å². The summed E-state index contributed by atoms with van der Waals surface area (Å²) in [6, 6.07) is 8.95. The summed E-state index contributed by atoms with van der Waals surface area (Å²) in [6.07, 6.45) is 0. The molecular formula is C9H12Mg. The van der Waals surface area contributed by atoms with Gasteiger partial charge in [0.1, 0.15) is 0 Å². The third-order valence-electron chi connectivity index (χ3n) is 1.66. The summed E-state index contributed by atoms with van der Waals surface area (Å²) >= 11 is 0.0830. The van der Waals surface area contributed by atoms with Crippen molar-refractivity contribution in [3.05, 3.63) is 29.8 Å². The van der Waals surface area contributed by atoms with E-state index < -0.39 is 0 Å². The first-order valence-electron chi connectivity index (χ1n) is 3.88. The summed E-state index contributed by atoms with van der Waals surface area (Å²) in [5, 5.41) is 0. The zero-order chi connectivity index (χ0) is 7.40. The van der Waals surface area contributed by atoms with Crippen molar-refractivity contribution in [3.8, 4) is 0 Å². The molecule has 0 N–H and O–H groups in total. The zero-order valence-corrected chi connectivity index (χ0v) is 8.14. The van der Waals surface area contributed by atoms with Crippen LogP contribution in [0.1, 0.15) is 12.5 Å². The van der Waals surface area contributed by atoms with Gasteiger partial charge in [-0.05, 0) is 6.92 Å². The molecule has 10 heavy (non-hydrogen) atoms. The van der Waals surface area contributed by atoms with Crippen LogP contribution >= 0.6 is 0 Å². The predicted octanol–water partition coefficient (Wildman–Crippen LogP) is 1.76. The molecule has 0 saturated carbocycles. The fraction of sp³-hybridized carbons (Fsp3) is 0.333. The molecule has 50 valence electrons. The van der Waals surface area contributed by atoms with E-state index in [9.17, 15) is 0 Å². The van der Waals surface area contributed by atoms with Gasteiger partial charge in [-0.15, -0.1) is 4.55 Å². The molecule has 0 aliphatic carbocycles. The van der Waals surface area contributed by atoms with Crippen LogP contribution in [0.2, 0.25) is 4.55 Å². The maximum Gasteiger partial charge on any atom is 0.408 e. The third kappa shape index (κ3) is 2.31. The topological polar surface area (TPSA) is 0 Å². The SMILES string of the molecule is C[CH2][Mg][c]1ccc(C)cc1. The average Bonchev–Trinajstić information content (AvgIpc) is 1.95. The van der Waals surface area contributed by atoms with Gasteiger partial charge in [0.25, 0.3) is 0 Å². The maximum absolute atomic E-state index is 2.27. The molecule has 0 aliphatic rings. The van der Waals surface area contributed by atoms with Crippen molar-refractivity contribution in [1.82, 2.24) is 0 Å². The van der Waals surface area contributed by atoms with Crippen LogP contribution in [0.4, 0.5) is 0 Å². The molecule has 0 spiro atoms. The van der Waals surface area contributed by atoms with Gasteiger partial charge in [0.05, 0.1) is 0 Å². The standard InChI is InChI=1S/C7H7.C2H5.Mg/c1-7-5-3-2-4-6-7;1-2;/h3-6H,1H3;1H2,2H3;. The number of rotatable bonds is 2. The number of hydrogen-bond donors (Lipinski definition) is 0. The zero-order valence-electron chi connectivity index (χ0n) is 6.72. The van der Waals surface area contributed by atoms with Crippen LogP contribution in [0, 0.1) is 6.92 Å². The van der Waals surface area contributed by atoms with E-state index in [0.717, 1.165) is 0 Å². The van der Waals surface area contributed by atoms with Gasteiger partial charge in [0.15, 0.2) is 0 Å². The Morgan fingerprint density at radius 1 is 1.20 bits per heavy atom. The minimum absolute atomic E-state index is 0.0830. The van der Waals surface area contributed by atoms with Crippen molar-refractivity contribution >= 4 is 24.1 Å². The summed E-state index contributed by atoms with van der Waals surface area (Å²) in [7, 11) is 0. The van der Waals surface area contributed by atoms with Crippen LogP contribution < -0.4 is 3.69 Å². The molecule has 0 nitrogen and oxygen atoms in total. The van der Waals surface area contributed by atoms with Crippen molar-refractivity contribution in [3.63, 3.8) is 0 Å². The summed E-state index contributed by atoms with van der Waals surface area (Å²) < 4.78 is 2.97. The molecule has 0 saturated heterocycles. The summed E-state index contributed by atoms with van der Waals surface area (Å²) in [4.78, 5) is 0. The normalized spacial score (nSPS) is 9.00. The Balaban J connectivity index is 2.69. The molecule has 0 heterocycles. The van der Waals surface area contributed by atoms with E-state index in [4.69, 9.17) is 0 Å². The molecule has 0 radical (unpaired) electrons. The van der Waals surface area contributed by atoms with Crippen LogP contribution in [0.5, 0.6) is 0 Å². The van der Waals surface area contributed by atoms with Gasteiger partial charge in [0.2, 0.25) is 0 Å². The average molecular weight is 144 g/mol. The number of benzene rings is 1. The number of hydrogen-bond acceptors (Lipinski definition) is 0. The first-order chi connectivity index (χ1) is 4.83. The molecule has 1 aromatic rings. The van der Waals surface area contributed by atoms with E-state index in [1.807, 2.05) is 0 Å². The van der Waals surface area contributed by atoms with Gasteiger partial charge in [-0.25, -0.2) is 0 Å². The van der Waals surface area contributed by atoms with Gasteiger partial charge in [0, 0.05) is 0 Å². The smallest absolute Gasteiger partial charge is 0.174 e. The van der Waals surface area contributed by atoms with Crippen molar-refractivity contribution in [2.45, 2.75) is 18.4 Å². The minimum Gasteiger partial charge on any atom is -0.174 e. The molecule has 1 heteroatoms. The lowest BCUT2D eigenvalue weighted by Crippen LogP contribution is -2.11. The maximum atomic E-state index is 2.27. The molecule has 0 aromatic heterocycles. The molecule has 0 fully saturated rings. The van der Waals surface area contributed by atoms with E-state index in [2.05, 4.69) is 38.1 Å². The fourth-order valence-corrected chi connectivity index (χ4v) is 2.19. The summed E-state index contributed by atoms with van der Waals surface area (Å²) in [5.74, 6) is 0. The predicted molar refractivity (Wildman–Crippen MR) is 47.0 cm³/mol. The molecule has 0 amide bonds. The highest BCUT2D eigenvalue weighted by Gasteiger charge is 1.93. The lowest BCUT2D eigenvalue weighted by Gasteiger charge is -1.96. The van der Waals surface area contributed by atoms with Crippen molar-refractivity contribution in [2.75, 3.05) is 0 Å². The second-order valence-corrected chi connectivity index (χ2v) is 5.05. The van der Waals surface area contributed by atoms with Crippen molar-refractivity contribution < 1.29 is 0 Å². The van der Waals surface area contributed by atoms with Gasteiger partial charge < -0.3 is 0 Å². The molecule has 0 bridgehead atoms.